The van der Waals surface area contributed by atoms with Crippen molar-refractivity contribution in [2.75, 3.05) is 33.2 Å². The molecule has 156 valence electrons. The van der Waals surface area contributed by atoms with Gasteiger partial charge in [0.25, 0.3) is 0 Å². The van der Waals surface area contributed by atoms with Crippen molar-refractivity contribution in [3.05, 3.63) is 50.9 Å². The van der Waals surface area contributed by atoms with Crippen LogP contribution >= 0.6 is 22.9 Å². The van der Waals surface area contributed by atoms with Gasteiger partial charge in [0.1, 0.15) is 0 Å². The fraction of sp³-hybridized carbons (Fsp3) is 0.476. The minimum absolute atomic E-state index is 0.138. The molecule has 1 aliphatic heterocycles. The zero-order chi connectivity index (χ0) is 20.8. The van der Waals surface area contributed by atoms with Crippen LogP contribution in [-0.2, 0) is 17.8 Å². The van der Waals surface area contributed by atoms with Gasteiger partial charge in [-0.05, 0) is 17.7 Å². The molecule has 1 aliphatic rings. The molecule has 1 aromatic carbocycles. The lowest BCUT2D eigenvalue weighted by molar-refractivity contribution is -0.131. The summed E-state index contributed by atoms with van der Waals surface area (Å²) in [5.74, 6) is 1.44. The molecule has 1 amide bonds. The molecule has 8 heteroatoms. The second-order valence-corrected chi connectivity index (χ2v) is 8.73. The molecule has 0 bridgehead atoms. The molecule has 2 aromatic rings. The first-order chi connectivity index (χ1) is 14.0. The Balaban J connectivity index is 1.48. The molecule has 6 nitrogen and oxygen atoms in total. The van der Waals surface area contributed by atoms with Crippen LogP contribution in [0.1, 0.15) is 36.0 Å². The third-order valence-corrected chi connectivity index (χ3v) is 6.31. The molecule has 1 N–H and O–H groups in total. The fourth-order valence-electron chi connectivity index (χ4n) is 3.27. The Morgan fingerprint density at radius 1 is 1.28 bits per heavy atom. The van der Waals surface area contributed by atoms with Crippen LogP contribution in [-0.4, -0.2) is 59.9 Å². The molecular weight excluding hydrogens is 406 g/mol. The highest BCUT2D eigenvalue weighted by molar-refractivity contribution is 7.09. The number of aliphatic imine (C=N–C) groups is 1. The number of benzene rings is 1. The molecule has 2 heterocycles. The third kappa shape index (κ3) is 5.93. The van der Waals surface area contributed by atoms with Crippen molar-refractivity contribution in [1.82, 2.24) is 20.1 Å². The Bertz CT molecular complexity index is 858. The van der Waals surface area contributed by atoms with Gasteiger partial charge in [-0.15, -0.1) is 11.3 Å². The smallest absolute Gasteiger partial charge is 0.227 e. The number of hydrogen-bond acceptors (Lipinski definition) is 4. The number of piperazine rings is 1. The summed E-state index contributed by atoms with van der Waals surface area (Å²) in [4.78, 5) is 25.8. The highest BCUT2D eigenvalue weighted by Crippen LogP contribution is 2.19. The van der Waals surface area contributed by atoms with Gasteiger partial charge in [0.05, 0.1) is 23.7 Å². The Kier molecular flexibility index (Phi) is 7.50. The number of halogens is 1. The zero-order valence-corrected chi connectivity index (χ0v) is 18.8. The number of rotatable bonds is 5. The van der Waals surface area contributed by atoms with Crippen LogP contribution in [0.5, 0.6) is 0 Å². The predicted molar refractivity (Wildman–Crippen MR) is 120 cm³/mol. The van der Waals surface area contributed by atoms with Crippen molar-refractivity contribution in [3.63, 3.8) is 0 Å². The number of amides is 1. The van der Waals surface area contributed by atoms with Crippen molar-refractivity contribution in [2.24, 2.45) is 4.99 Å². The molecule has 1 saturated heterocycles. The van der Waals surface area contributed by atoms with Crippen molar-refractivity contribution >= 4 is 34.8 Å². The molecular formula is C21H28ClN5OS. The predicted octanol–water partition coefficient (Wildman–Crippen LogP) is 3.38. The van der Waals surface area contributed by atoms with Crippen LogP contribution in [0, 0.1) is 0 Å². The lowest BCUT2D eigenvalue weighted by Gasteiger charge is -2.36. The summed E-state index contributed by atoms with van der Waals surface area (Å²) in [6.45, 7) is 7.86. The van der Waals surface area contributed by atoms with E-state index in [0.29, 0.717) is 37.0 Å². The van der Waals surface area contributed by atoms with E-state index in [9.17, 15) is 4.79 Å². The van der Waals surface area contributed by atoms with Crippen LogP contribution in [0.2, 0.25) is 5.02 Å². The zero-order valence-electron chi connectivity index (χ0n) is 17.2. The minimum Gasteiger partial charge on any atom is -0.351 e. The van der Waals surface area contributed by atoms with E-state index in [1.165, 1.54) is 0 Å². The second kappa shape index (κ2) is 10.1. The van der Waals surface area contributed by atoms with Crippen LogP contribution in [0.15, 0.2) is 34.6 Å². The maximum atomic E-state index is 12.6. The van der Waals surface area contributed by atoms with E-state index in [1.54, 1.807) is 18.4 Å². The van der Waals surface area contributed by atoms with Crippen molar-refractivity contribution < 1.29 is 4.79 Å². The lowest BCUT2D eigenvalue weighted by atomic mass is 10.1. The number of hydrogen-bond donors (Lipinski definition) is 1. The van der Waals surface area contributed by atoms with Gasteiger partial charge in [0.15, 0.2) is 5.96 Å². The topological polar surface area (TPSA) is 60.8 Å². The van der Waals surface area contributed by atoms with Crippen LogP contribution in [0.3, 0.4) is 0 Å². The van der Waals surface area contributed by atoms with Crippen molar-refractivity contribution in [2.45, 2.75) is 32.7 Å². The summed E-state index contributed by atoms with van der Waals surface area (Å²) in [5, 5.41) is 7.32. The van der Waals surface area contributed by atoms with Gasteiger partial charge in [-0.3, -0.25) is 9.79 Å². The van der Waals surface area contributed by atoms with Gasteiger partial charge < -0.3 is 15.1 Å². The average Bonchev–Trinajstić information content (AvgIpc) is 3.18. The molecule has 0 radical (unpaired) electrons. The number of nitrogens with zero attached hydrogens (tertiary/aromatic N) is 4. The Morgan fingerprint density at radius 3 is 2.62 bits per heavy atom. The number of carbonyl (C=O) groups is 1. The van der Waals surface area contributed by atoms with Crippen molar-refractivity contribution in [3.8, 4) is 0 Å². The second-order valence-electron chi connectivity index (χ2n) is 7.41. The van der Waals surface area contributed by atoms with E-state index in [-0.39, 0.29) is 5.91 Å². The summed E-state index contributed by atoms with van der Waals surface area (Å²) < 4.78 is 0. The van der Waals surface area contributed by atoms with Gasteiger partial charge >= 0.3 is 0 Å². The van der Waals surface area contributed by atoms with Crippen LogP contribution < -0.4 is 5.32 Å². The van der Waals surface area contributed by atoms with Crippen LogP contribution in [0.25, 0.3) is 0 Å². The normalized spacial score (nSPS) is 15.1. The van der Waals surface area contributed by atoms with E-state index in [4.69, 9.17) is 11.6 Å². The largest absolute Gasteiger partial charge is 0.351 e. The SMILES string of the molecule is CN=C(NCc1csc(C(C)C)n1)N1CCN(C(=O)Cc2cccc(Cl)c2)CC1. The number of thiazole rings is 1. The number of carbonyl (C=O) groups excluding carboxylic acids is 1. The average molecular weight is 434 g/mol. The molecule has 0 aliphatic carbocycles. The summed E-state index contributed by atoms with van der Waals surface area (Å²) in [5.41, 5.74) is 1.99. The van der Waals surface area contributed by atoms with Gasteiger partial charge in [-0.1, -0.05) is 37.6 Å². The standard InChI is InChI=1S/C21H28ClN5OS/c1-15(2)20-25-18(14-29-20)13-24-21(23-3)27-9-7-26(8-10-27)19(28)12-16-5-4-6-17(22)11-16/h4-6,11,14-15H,7-10,12-13H2,1-3H3,(H,23,24). The molecule has 0 saturated carbocycles. The van der Waals surface area contributed by atoms with Crippen LogP contribution in [0.4, 0.5) is 0 Å². The maximum Gasteiger partial charge on any atom is 0.227 e. The molecule has 3 rings (SSSR count). The fourth-order valence-corrected chi connectivity index (χ4v) is 4.32. The van der Waals surface area contributed by atoms with E-state index < -0.39 is 0 Å². The van der Waals surface area contributed by atoms with Gasteiger partial charge in [-0.25, -0.2) is 4.98 Å². The first-order valence-corrected chi connectivity index (χ1v) is 11.1. The highest BCUT2D eigenvalue weighted by atomic mass is 35.5. The Morgan fingerprint density at radius 2 is 2.00 bits per heavy atom. The number of guanidine groups is 1. The van der Waals surface area contributed by atoms with E-state index in [2.05, 4.69) is 39.4 Å². The summed E-state index contributed by atoms with van der Waals surface area (Å²) in [7, 11) is 1.79. The monoisotopic (exact) mass is 433 g/mol. The lowest BCUT2D eigenvalue weighted by Crippen LogP contribution is -2.53. The van der Waals surface area contributed by atoms with E-state index in [1.807, 2.05) is 29.2 Å². The third-order valence-electron chi connectivity index (χ3n) is 4.88. The maximum absolute atomic E-state index is 12.6. The van der Waals surface area contributed by atoms with Gasteiger partial charge in [-0.2, -0.15) is 0 Å². The van der Waals surface area contributed by atoms with Gasteiger partial charge in [0.2, 0.25) is 5.91 Å². The summed E-state index contributed by atoms with van der Waals surface area (Å²) in [6, 6.07) is 7.49. The number of nitrogens with one attached hydrogen (secondary N) is 1. The molecule has 0 atom stereocenters. The van der Waals surface area contributed by atoms with Crippen molar-refractivity contribution in [1.29, 1.82) is 0 Å². The summed E-state index contributed by atoms with van der Waals surface area (Å²) in [6.07, 6.45) is 0.384. The quantitative estimate of drug-likeness (QED) is 0.580. The molecule has 29 heavy (non-hydrogen) atoms. The molecule has 0 spiro atoms. The first kappa shape index (κ1) is 21.6. The Labute approximate surface area is 181 Å². The molecule has 1 fully saturated rings. The van der Waals surface area contributed by atoms with Gasteiger partial charge in [0, 0.05) is 49.5 Å². The van der Waals surface area contributed by atoms with E-state index in [0.717, 1.165) is 35.3 Å². The summed E-state index contributed by atoms with van der Waals surface area (Å²) >= 11 is 7.72. The minimum atomic E-state index is 0.138. The molecule has 1 aromatic heterocycles. The number of aromatic nitrogens is 1. The highest BCUT2D eigenvalue weighted by Gasteiger charge is 2.23. The first-order valence-electron chi connectivity index (χ1n) is 9.88. The molecule has 0 unspecified atom stereocenters. The van der Waals surface area contributed by atoms with E-state index >= 15 is 0 Å². The Hall–Kier alpha value is -2.12.